The number of fused-ring (bicyclic) bond motifs is 1. The van der Waals surface area contributed by atoms with Gasteiger partial charge in [0.1, 0.15) is 0 Å². The lowest BCUT2D eigenvalue weighted by Gasteiger charge is -2.12. The lowest BCUT2D eigenvalue weighted by Crippen LogP contribution is -2.17. The third-order valence-corrected chi connectivity index (χ3v) is 6.24. The molecule has 0 radical (unpaired) electrons. The lowest BCUT2D eigenvalue weighted by atomic mass is 10.1. The number of sulfonamides is 1. The maximum absolute atomic E-state index is 12.4. The van der Waals surface area contributed by atoms with Gasteiger partial charge in [-0.2, -0.15) is 0 Å². The van der Waals surface area contributed by atoms with Gasteiger partial charge in [-0.3, -0.25) is 4.79 Å². The SMILES string of the molecule is Cc1cc(S(N)(=O)=O)cc(NC(=O)CSc2nc3ccccc3n2C)c1C. The molecule has 0 fully saturated rings. The van der Waals surface area contributed by atoms with Crippen molar-refractivity contribution in [1.82, 2.24) is 9.55 Å². The molecule has 0 saturated heterocycles. The Labute approximate surface area is 162 Å². The van der Waals surface area contributed by atoms with E-state index in [1.54, 1.807) is 6.92 Å². The molecule has 3 aromatic rings. The highest BCUT2D eigenvalue weighted by atomic mass is 32.2. The topological polar surface area (TPSA) is 107 Å². The molecule has 0 aliphatic heterocycles. The largest absolute Gasteiger partial charge is 0.325 e. The number of benzene rings is 2. The van der Waals surface area contributed by atoms with Crippen LogP contribution in [0.25, 0.3) is 11.0 Å². The van der Waals surface area contributed by atoms with Crippen molar-refractivity contribution in [3.8, 4) is 0 Å². The van der Waals surface area contributed by atoms with E-state index >= 15 is 0 Å². The van der Waals surface area contributed by atoms with Gasteiger partial charge in [0.05, 0.1) is 21.7 Å². The van der Waals surface area contributed by atoms with Crippen molar-refractivity contribution < 1.29 is 13.2 Å². The molecule has 27 heavy (non-hydrogen) atoms. The van der Waals surface area contributed by atoms with E-state index in [0.29, 0.717) is 5.69 Å². The van der Waals surface area contributed by atoms with Gasteiger partial charge in [-0.15, -0.1) is 0 Å². The fraction of sp³-hybridized carbons (Fsp3) is 0.222. The number of amides is 1. The summed E-state index contributed by atoms with van der Waals surface area (Å²) in [4.78, 5) is 16.9. The van der Waals surface area contributed by atoms with Crippen LogP contribution >= 0.6 is 11.8 Å². The van der Waals surface area contributed by atoms with E-state index in [9.17, 15) is 13.2 Å². The second-order valence-electron chi connectivity index (χ2n) is 6.24. The van der Waals surface area contributed by atoms with Crippen LogP contribution in [0.3, 0.4) is 0 Å². The average molecular weight is 405 g/mol. The molecule has 3 N–H and O–H groups in total. The van der Waals surface area contributed by atoms with Gasteiger partial charge in [-0.1, -0.05) is 23.9 Å². The number of aryl methyl sites for hydroxylation is 2. The number of anilines is 1. The molecule has 1 aromatic heterocycles. The third-order valence-electron chi connectivity index (χ3n) is 4.32. The molecule has 7 nitrogen and oxygen atoms in total. The number of carbonyl (C=O) groups is 1. The van der Waals surface area contributed by atoms with Crippen LogP contribution < -0.4 is 10.5 Å². The van der Waals surface area contributed by atoms with Crippen molar-refractivity contribution in [2.24, 2.45) is 12.2 Å². The summed E-state index contributed by atoms with van der Waals surface area (Å²) in [7, 11) is -1.94. The second-order valence-corrected chi connectivity index (χ2v) is 8.74. The minimum Gasteiger partial charge on any atom is -0.325 e. The van der Waals surface area contributed by atoms with Gasteiger partial charge in [-0.25, -0.2) is 18.5 Å². The summed E-state index contributed by atoms with van der Waals surface area (Å²) in [5, 5.41) is 8.71. The van der Waals surface area contributed by atoms with Gasteiger partial charge in [0.15, 0.2) is 5.16 Å². The van der Waals surface area contributed by atoms with Crippen LogP contribution in [0.4, 0.5) is 5.69 Å². The minimum absolute atomic E-state index is 0.0242. The number of imidazole rings is 1. The Bertz CT molecular complexity index is 1140. The normalized spacial score (nSPS) is 11.7. The molecule has 3 rings (SSSR count). The molecule has 1 amide bonds. The summed E-state index contributed by atoms with van der Waals surface area (Å²) < 4.78 is 25.2. The third kappa shape index (κ3) is 4.15. The van der Waals surface area contributed by atoms with Gasteiger partial charge in [0, 0.05) is 12.7 Å². The molecule has 0 atom stereocenters. The standard InChI is InChI=1S/C18H20N4O3S2/c1-11-8-13(27(19,24)25)9-15(12(11)2)20-17(23)10-26-18-21-14-6-4-5-7-16(14)22(18)3/h4-9H,10H2,1-3H3,(H,20,23)(H2,19,24,25). The van der Waals surface area contributed by atoms with Crippen LogP contribution in [-0.2, 0) is 21.9 Å². The number of hydrogen-bond acceptors (Lipinski definition) is 5. The first-order valence-corrected chi connectivity index (χ1v) is 10.7. The zero-order chi connectivity index (χ0) is 19.8. The summed E-state index contributed by atoms with van der Waals surface area (Å²) in [6.07, 6.45) is 0. The van der Waals surface area contributed by atoms with Crippen molar-refractivity contribution in [3.63, 3.8) is 0 Å². The molecule has 0 aliphatic carbocycles. The molecule has 0 saturated carbocycles. The van der Waals surface area contributed by atoms with Crippen LogP contribution in [-0.4, -0.2) is 29.6 Å². The maximum atomic E-state index is 12.4. The number of carbonyl (C=O) groups excluding carboxylic acids is 1. The zero-order valence-corrected chi connectivity index (χ0v) is 16.8. The van der Waals surface area contributed by atoms with E-state index < -0.39 is 10.0 Å². The van der Waals surface area contributed by atoms with Gasteiger partial charge in [0.2, 0.25) is 15.9 Å². The Morgan fingerprint density at radius 2 is 1.96 bits per heavy atom. The molecular weight excluding hydrogens is 384 g/mol. The lowest BCUT2D eigenvalue weighted by molar-refractivity contribution is -0.113. The predicted octanol–water partition coefficient (Wildman–Crippen LogP) is 2.57. The number of aromatic nitrogens is 2. The Balaban J connectivity index is 1.76. The minimum atomic E-state index is -3.85. The first-order chi connectivity index (χ1) is 12.7. The first-order valence-electron chi connectivity index (χ1n) is 8.15. The molecule has 2 aromatic carbocycles. The molecule has 0 unspecified atom stereocenters. The van der Waals surface area contributed by atoms with Gasteiger partial charge in [-0.05, 0) is 49.2 Å². The van der Waals surface area contributed by atoms with E-state index in [-0.39, 0.29) is 16.6 Å². The Hall–Kier alpha value is -2.36. The van der Waals surface area contributed by atoms with Crippen molar-refractivity contribution in [1.29, 1.82) is 0 Å². The maximum Gasteiger partial charge on any atom is 0.238 e. The number of hydrogen-bond donors (Lipinski definition) is 2. The zero-order valence-electron chi connectivity index (χ0n) is 15.2. The van der Waals surface area contributed by atoms with Crippen LogP contribution in [0.15, 0.2) is 46.5 Å². The molecule has 0 aliphatic rings. The summed E-state index contributed by atoms with van der Waals surface area (Å²) in [6.45, 7) is 3.59. The van der Waals surface area contributed by atoms with E-state index in [4.69, 9.17) is 5.14 Å². The Kier molecular flexibility index (Phi) is 5.27. The van der Waals surface area contributed by atoms with Crippen molar-refractivity contribution in [3.05, 3.63) is 47.5 Å². The van der Waals surface area contributed by atoms with E-state index in [1.165, 1.54) is 23.9 Å². The molecule has 1 heterocycles. The molecule has 0 spiro atoms. The van der Waals surface area contributed by atoms with E-state index in [1.807, 2.05) is 42.8 Å². The summed E-state index contributed by atoms with van der Waals surface area (Å²) in [6, 6.07) is 10.6. The monoisotopic (exact) mass is 404 g/mol. The fourth-order valence-corrected chi connectivity index (χ4v) is 4.10. The van der Waals surface area contributed by atoms with Crippen molar-refractivity contribution in [2.45, 2.75) is 23.9 Å². The highest BCUT2D eigenvalue weighted by molar-refractivity contribution is 7.99. The smallest absolute Gasteiger partial charge is 0.238 e. The Morgan fingerprint density at radius 1 is 1.26 bits per heavy atom. The molecule has 0 bridgehead atoms. The van der Waals surface area contributed by atoms with Crippen molar-refractivity contribution >= 4 is 44.4 Å². The number of thioether (sulfide) groups is 1. The first kappa shape index (κ1) is 19.4. The molecular formula is C18H20N4O3S2. The van der Waals surface area contributed by atoms with Gasteiger partial charge >= 0.3 is 0 Å². The van der Waals surface area contributed by atoms with Crippen LogP contribution in [0, 0.1) is 13.8 Å². The van der Waals surface area contributed by atoms with Gasteiger partial charge in [0.25, 0.3) is 0 Å². The number of nitrogens with two attached hydrogens (primary N) is 1. The number of para-hydroxylation sites is 2. The number of nitrogens with zero attached hydrogens (tertiary/aromatic N) is 2. The van der Waals surface area contributed by atoms with E-state index in [2.05, 4.69) is 10.3 Å². The fourth-order valence-electron chi connectivity index (χ4n) is 2.69. The van der Waals surface area contributed by atoms with Crippen LogP contribution in [0.1, 0.15) is 11.1 Å². The number of primary sulfonamides is 1. The predicted molar refractivity (Wildman–Crippen MR) is 107 cm³/mol. The summed E-state index contributed by atoms with van der Waals surface area (Å²) in [5.74, 6) is -0.101. The summed E-state index contributed by atoms with van der Waals surface area (Å²) in [5.41, 5.74) is 3.83. The highest BCUT2D eigenvalue weighted by Gasteiger charge is 2.15. The number of rotatable bonds is 5. The van der Waals surface area contributed by atoms with Crippen LogP contribution in [0.5, 0.6) is 0 Å². The van der Waals surface area contributed by atoms with E-state index in [0.717, 1.165) is 27.3 Å². The molecule has 9 heteroatoms. The Morgan fingerprint density at radius 3 is 2.63 bits per heavy atom. The van der Waals surface area contributed by atoms with Gasteiger partial charge < -0.3 is 9.88 Å². The summed E-state index contributed by atoms with van der Waals surface area (Å²) >= 11 is 1.32. The highest BCUT2D eigenvalue weighted by Crippen LogP contribution is 2.25. The molecule has 142 valence electrons. The quantitative estimate of drug-likeness (QED) is 0.636. The second kappa shape index (κ2) is 7.34. The average Bonchev–Trinajstić information content (AvgIpc) is 2.92. The van der Waals surface area contributed by atoms with Crippen molar-refractivity contribution in [2.75, 3.05) is 11.1 Å². The number of nitrogens with one attached hydrogen (secondary N) is 1. The van der Waals surface area contributed by atoms with Crippen LogP contribution in [0.2, 0.25) is 0 Å².